The second kappa shape index (κ2) is 7.94. The van der Waals surface area contributed by atoms with E-state index in [0.717, 1.165) is 41.0 Å². The van der Waals surface area contributed by atoms with Crippen molar-refractivity contribution in [2.45, 2.75) is 72.9 Å². The predicted molar refractivity (Wildman–Crippen MR) is 118 cm³/mol. The van der Waals surface area contributed by atoms with E-state index in [1.54, 1.807) is 6.20 Å². The van der Waals surface area contributed by atoms with Crippen LogP contribution >= 0.6 is 0 Å². The maximum atomic E-state index is 13.6. The van der Waals surface area contributed by atoms with Crippen LogP contribution in [0.2, 0.25) is 0 Å². The Morgan fingerprint density at radius 1 is 1.28 bits per heavy atom. The zero-order valence-corrected chi connectivity index (χ0v) is 18.8. The fraction of sp³-hybridized carbons (Fsp3) is 0.583. The van der Waals surface area contributed by atoms with Gasteiger partial charge in [0.05, 0.1) is 11.3 Å². The monoisotopic (exact) mass is 397 g/mol. The molecule has 2 N–H and O–H groups in total. The summed E-state index contributed by atoms with van der Waals surface area (Å²) in [7, 11) is 0. The number of anilines is 1. The Kier molecular flexibility index (Phi) is 5.91. The first-order valence-electron chi connectivity index (χ1n) is 10.6. The van der Waals surface area contributed by atoms with Gasteiger partial charge in [-0.15, -0.1) is 0 Å². The molecule has 1 saturated carbocycles. The van der Waals surface area contributed by atoms with Crippen molar-refractivity contribution in [3.8, 4) is 0 Å². The lowest BCUT2D eigenvalue weighted by atomic mass is 9.99. The molecule has 0 unspecified atom stereocenters. The molecule has 0 aromatic carbocycles. The van der Waals surface area contributed by atoms with Gasteiger partial charge in [-0.25, -0.2) is 0 Å². The molecule has 29 heavy (non-hydrogen) atoms. The number of pyridine rings is 1. The molecule has 0 bridgehead atoms. The van der Waals surface area contributed by atoms with Gasteiger partial charge in [-0.1, -0.05) is 6.92 Å². The summed E-state index contributed by atoms with van der Waals surface area (Å²) in [6, 6.07) is 2.16. The predicted octanol–water partition coefficient (Wildman–Crippen LogP) is 4.61. The van der Waals surface area contributed by atoms with Gasteiger partial charge in [0, 0.05) is 47.5 Å². The van der Waals surface area contributed by atoms with E-state index in [1.165, 1.54) is 0 Å². The van der Waals surface area contributed by atoms with Gasteiger partial charge in [-0.3, -0.25) is 9.78 Å². The minimum absolute atomic E-state index is 0.0199. The summed E-state index contributed by atoms with van der Waals surface area (Å²) in [6.07, 6.45) is 5.67. The number of aromatic nitrogens is 2. The van der Waals surface area contributed by atoms with Crippen LogP contribution in [0.1, 0.15) is 73.4 Å². The number of carbonyl (C=O) groups is 1. The first-order chi connectivity index (χ1) is 13.5. The number of aliphatic hydroxyl groups excluding tert-OH is 1. The van der Waals surface area contributed by atoms with Gasteiger partial charge in [0.25, 0.3) is 0 Å². The molecule has 2 aromatic heterocycles. The highest BCUT2D eigenvalue weighted by Crippen LogP contribution is 2.35. The lowest BCUT2D eigenvalue weighted by Crippen LogP contribution is -2.22. The quantitative estimate of drug-likeness (QED) is 0.723. The molecule has 5 nitrogen and oxygen atoms in total. The Balaban J connectivity index is 1.97. The SMILES string of the molecule is Cc1nccc(N[C@@H]2C[C@H](CO)[C@@H](C)C2)c1C(=O)c1cn(C(C)(C)C)c(C)c1C. The van der Waals surface area contributed by atoms with E-state index in [4.69, 9.17) is 0 Å². The van der Waals surface area contributed by atoms with E-state index in [-0.39, 0.29) is 24.0 Å². The van der Waals surface area contributed by atoms with E-state index < -0.39 is 0 Å². The maximum absolute atomic E-state index is 13.6. The molecule has 3 atom stereocenters. The zero-order valence-electron chi connectivity index (χ0n) is 18.8. The van der Waals surface area contributed by atoms with Crippen LogP contribution in [-0.4, -0.2) is 33.1 Å². The molecular weight excluding hydrogens is 362 g/mol. The Morgan fingerprint density at radius 3 is 2.52 bits per heavy atom. The number of nitrogens with one attached hydrogen (secondary N) is 1. The van der Waals surface area contributed by atoms with Crippen LogP contribution in [0.5, 0.6) is 0 Å². The molecule has 1 aliphatic rings. The average molecular weight is 398 g/mol. The van der Waals surface area contributed by atoms with Crippen molar-refractivity contribution in [3.05, 3.63) is 46.5 Å². The van der Waals surface area contributed by atoms with Crippen LogP contribution in [0.25, 0.3) is 0 Å². The van der Waals surface area contributed by atoms with Gasteiger partial charge in [-0.2, -0.15) is 0 Å². The van der Waals surface area contributed by atoms with Crippen LogP contribution in [0.4, 0.5) is 5.69 Å². The fourth-order valence-electron chi connectivity index (χ4n) is 4.66. The minimum atomic E-state index is -0.0856. The average Bonchev–Trinajstić information content (AvgIpc) is 3.14. The third-order valence-corrected chi connectivity index (χ3v) is 6.54. The van der Waals surface area contributed by atoms with E-state index in [9.17, 15) is 9.90 Å². The number of hydrogen-bond donors (Lipinski definition) is 2. The van der Waals surface area contributed by atoms with E-state index in [2.05, 4.69) is 49.5 Å². The molecule has 3 rings (SSSR count). The molecule has 5 heteroatoms. The largest absolute Gasteiger partial charge is 0.396 e. The smallest absolute Gasteiger partial charge is 0.198 e. The molecular formula is C24H35N3O2. The van der Waals surface area contributed by atoms with Crippen molar-refractivity contribution in [1.29, 1.82) is 0 Å². The number of rotatable bonds is 5. The fourth-order valence-corrected chi connectivity index (χ4v) is 4.66. The Bertz CT molecular complexity index is 908. The summed E-state index contributed by atoms with van der Waals surface area (Å²) in [6.45, 7) is 14.8. The first-order valence-corrected chi connectivity index (χ1v) is 10.6. The Morgan fingerprint density at radius 2 is 1.97 bits per heavy atom. The molecule has 1 aliphatic carbocycles. The summed E-state index contributed by atoms with van der Waals surface area (Å²) >= 11 is 0. The Hall–Kier alpha value is -2.14. The van der Waals surface area contributed by atoms with Gasteiger partial charge < -0.3 is 15.0 Å². The van der Waals surface area contributed by atoms with Crippen molar-refractivity contribution in [3.63, 3.8) is 0 Å². The number of aryl methyl sites for hydroxylation is 1. The molecule has 0 saturated heterocycles. The van der Waals surface area contributed by atoms with Crippen LogP contribution in [0.3, 0.4) is 0 Å². The van der Waals surface area contributed by atoms with Crippen molar-refractivity contribution >= 4 is 11.5 Å². The third kappa shape index (κ3) is 4.11. The normalized spacial score (nSPS) is 22.1. The Labute approximate surface area is 174 Å². The summed E-state index contributed by atoms with van der Waals surface area (Å²) < 4.78 is 2.18. The molecule has 0 spiro atoms. The van der Waals surface area contributed by atoms with Gasteiger partial charge in [0.1, 0.15) is 0 Å². The first kappa shape index (κ1) is 21.6. The van der Waals surface area contributed by atoms with Gasteiger partial charge in [0.2, 0.25) is 0 Å². The zero-order chi connectivity index (χ0) is 21.5. The van der Waals surface area contributed by atoms with Gasteiger partial charge in [-0.05, 0) is 77.8 Å². The summed E-state index contributed by atoms with van der Waals surface area (Å²) in [5.74, 6) is 0.817. The van der Waals surface area contributed by atoms with E-state index >= 15 is 0 Å². The molecule has 0 radical (unpaired) electrons. The molecule has 158 valence electrons. The number of aliphatic hydroxyl groups is 1. The lowest BCUT2D eigenvalue weighted by molar-refractivity contribution is 0.103. The highest BCUT2D eigenvalue weighted by atomic mass is 16.3. The van der Waals surface area contributed by atoms with Crippen LogP contribution < -0.4 is 5.32 Å². The van der Waals surface area contributed by atoms with Crippen molar-refractivity contribution in [1.82, 2.24) is 9.55 Å². The second-order valence-corrected chi connectivity index (χ2v) is 9.67. The summed E-state index contributed by atoms with van der Waals surface area (Å²) in [5.41, 5.74) is 5.04. The second-order valence-electron chi connectivity index (χ2n) is 9.67. The van der Waals surface area contributed by atoms with Crippen LogP contribution in [0, 0.1) is 32.6 Å². The van der Waals surface area contributed by atoms with Gasteiger partial charge >= 0.3 is 0 Å². The number of ketones is 1. The number of carbonyl (C=O) groups excluding carboxylic acids is 1. The third-order valence-electron chi connectivity index (χ3n) is 6.54. The molecule has 1 fully saturated rings. The van der Waals surface area contributed by atoms with Crippen molar-refractivity contribution in [2.24, 2.45) is 11.8 Å². The summed E-state index contributed by atoms with van der Waals surface area (Å²) in [4.78, 5) is 18.0. The summed E-state index contributed by atoms with van der Waals surface area (Å²) in [5, 5.41) is 13.2. The maximum Gasteiger partial charge on any atom is 0.198 e. The molecule has 2 aromatic rings. The topological polar surface area (TPSA) is 67.2 Å². The lowest BCUT2D eigenvalue weighted by Gasteiger charge is -2.23. The highest BCUT2D eigenvalue weighted by molar-refractivity contribution is 6.14. The molecule has 2 heterocycles. The molecule has 0 aliphatic heterocycles. The number of nitrogens with zero attached hydrogens (tertiary/aromatic N) is 2. The minimum Gasteiger partial charge on any atom is -0.396 e. The van der Waals surface area contributed by atoms with E-state index in [0.29, 0.717) is 17.4 Å². The van der Waals surface area contributed by atoms with Crippen LogP contribution in [-0.2, 0) is 5.54 Å². The van der Waals surface area contributed by atoms with Gasteiger partial charge in [0.15, 0.2) is 5.78 Å². The van der Waals surface area contributed by atoms with Crippen molar-refractivity contribution < 1.29 is 9.90 Å². The van der Waals surface area contributed by atoms with Crippen LogP contribution in [0.15, 0.2) is 18.5 Å². The highest BCUT2D eigenvalue weighted by Gasteiger charge is 2.32. The molecule has 0 amide bonds. The standard InChI is InChI=1S/C24H35N3O2/c1-14-10-19(11-18(14)13-28)26-21-8-9-25-16(3)22(21)23(29)20-12-27(24(5,6)7)17(4)15(20)2/h8-9,12,14,18-19,28H,10-11,13H2,1-7H3,(H,25,26)/t14-,18+,19-/m0/s1. The number of hydrogen-bond acceptors (Lipinski definition) is 4. The van der Waals surface area contributed by atoms with E-state index in [1.807, 2.05) is 26.1 Å². The van der Waals surface area contributed by atoms with Crippen molar-refractivity contribution in [2.75, 3.05) is 11.9 Å².